The molecule has 0 saturated carbocycles. The minimum atomic E-state index is -0.0515. The summed E-state index contributed by atoms with van der Waals surface area (Å²) in [4.78, 5) is 0. The molecule has 5 atom stereocenters. The summed E-state index contributed by atoms with van der Waals surface area (Å²) in [5, 5.41) is 9.94. The highest BCUT2D eigenvalue weighted by Crippen LogP contribution is 2.52. The molecule has 0 aromatic rings. The molecule has 2 nitrogen and oxygen atoms in total. The number of unbranched alkanes of at least 4 members (excludes halogenated alkanes) is 3. The van der Waals surface area contributed by atoms with Gasteiger partial charge in [-0.05, 0) is 25.2 Å². The van der Waals surface area contributed by atoms with Crippen molar-refractivity contribution in [3.63, 3.8) is 0 Å². The fraction of sp³-hybridized carbons (Fsp3) is 0.889. The van der Waals surface area contributed by atoms with Crippen LogP contribution in [0.3, 0.4) is 0 Å². The fourth-order valence-electron chi connectivity index (χ4n) is 4.45. The molecule has 0 amide bonds. The molecule has 2 rings (SSSR count). The van der Waals surface area contributed by atoms with Crippen molar-refractivity contribution in [2.75, 3.05) is 13.2 Å². The third-order valence-electron chi connectivity index (χ3n) is 5.99. The van der Waals surface area contributed by atoms with Gasteiger partial charge in [-0.25, -0.2) is 0 Å². The minimum absolute atomic E-state index is 0.0515. The Morgan fingerprint density at radius 3 is 2.70 bits per heavy atom. The van der Waals surface area contributed by atoms with Crippen LogP contribution in [-0.2, 0) is 4.74 Å². The van der Waals surface area contributed by atoms with E-state index in [2.05, 4.69) is 33.8 Å². The van der Waals surface area contributed by atoms with Gasteiger partial charge in [0.25, 0.3) is 0 Å². The van der Waals surface area contributed by atoms with E-state index in [1.165, 1.54) is 37.7 Å². The Kier molecular flexibility index (Phi) is 5.30. The SMILES string of the molecule is CCCCCC[C@H]1OC[C@]2(CO)[C@H](C)C=C(C)[C@H]1[C@@H]2C. The molecule has 0 spiro atoms. The lowest BCUT2D eigenvalue weighted by Crippen LogP contribution is -2.56. The summed E-state index contributed by atoms with van der Waals surface area (Å²) < 4.78 is 6.23. The number of allylic oxidation sites excluding steroid dienone is 1. The van der Waals surface area contributed by atoms with E-state index in [9.17, 15) is 5.11 Å². The summed E-state index contributed by atoms with van der Waals surface area (Å²) in [7, 11) is 0. The van der Waals surface area contributed by atoms with Crippen molar-refractivity contribution in [2.24, 2.45) is 23.2 Å². The number of aliphatic hydroxyl groups excluding tert-OH is 1. The summed E-state index contributed by atoms with van der Waals surface area (Å²) >= 11 is 0. The molecule has 0 radical (unpaired) electrons. The molecule has 116 valence electrons. The average molecular weight is 280 g/mol. The lowest BCUT2D eigenvalue weighted by atomic mass is 9.56. The second kappa shape index (κ2) is 6.62. The first-order valence-corrected chi connectivity index (χ1v) is 8.47. The smallest absolute Gasteiger partial charge is 0.0643 e. The maximum absolute atomic E-state index is 9.94. The van der Waals surface area contributed by atoms with Gasteiger partial charge in [-0.2, -0.15) is 0 Å². The number of rotatable bonds is 6. The Hall–Kier alpha value is -0.340. The van der Waals surface area contributed by atoms with E-state index in [4.69, 9.17) is 4.74 Å². The first-order valence-electron chi connectivity index (χ1n) is 8.47. The molecule has 1 aliphatic heterocycles. The summed E-state index contributed by atoms with van der Waals surface area (Å²) in [6.45, 7) is 10.0. The van der Waals surface area contributed by atoms with Crippen LogP contribution in [0.4, 0.5) is 0 Å². The summed E-state index contributed by atoms with van der Waals surface area (Å²) in [5.41, 5.74) is 1.43. The highest BCUT2D eigenvalue weighted by Gasteiger charge is 2.52. The van der Waals surface area contributed by atoms with Crippen LogP contribution < -0.4 is 0 Å². The molecule has 0 unspecified atom stereocenters. The van der Waals surface area contributed by atoms with E-state index < -0.39 is 0 Å². The number of ether oxygens (including phenoxy) is 1. The zero-order valence-electron chi connectivity index (χ0n) is 13.7. The Morgan fingerprint density at radius 1 is 1.30 bits per heavy atom. The normalized spacial score (nSPS) is 40.5. The molecule has 0 aromatic carbocycles. The second-order valence-electron chi connectivity index (χ2n) is 7.10. The van der Waals surface area contributed by atoms with Gasteiger partial charge >= 0.3 is 0 Å². The molecule has 2 aliphatic rings. The van der Waals surface area contributed by atoms with Crippen LogP contribution in [0.15, 0.2) is 11.6 Å². The highest BCUT2D eigenvalue weighted by molar-refractivity contribution is 5.20. The van der Waals surface area contributed by atoms with E-state index in [1.807, 2.05) is 0 Å². The maximum Gasteiger partial charge on any atom is 0.0643 e. The van der Waals surface area contributed by atoms with E-state index >= 15 is 0 Å². The molecule has 2 heteroatoms. The summed E-state index contributed by atoms with van der Waals surface area (Å²) in [6.07, 6.45) is 9.15. The summed E-state index contributed by atoms with van der Waals surface area (Å²) in [6, 6.07) is 0. The molecule has 1 saturated heterocycles. The van der Waals surface area contributed by atoms with Gasteiger partial charge in [-0.15, -0.1) is 0 Å². The Balaban J connectivity index is 2.08. The molecule has 20 heavy (non-hydrogen) atoms. The van der Waals surface area contributed by atoms with Crippen molar-refractivity contribution in [1.29, 1.82) is 0 Å². The number of hydrogen-bond acceptors (Lipinski definition) is 2. The van der Waals surface area contributed by atoms with Gasteiger partial charge in [0.2, 0.25) is 0 Å². The van der Waals surface area contributed by atoms with Crippen LogP contribution in [0.5, 0.6) is 0 Å². The molecule has 1 fully saturated rings. The van der Waals surface area contributed by atoms with Crippen molar-refractivity contribution in [1.82, 2.24) is 0 Å². The van der Waals surface area contributed by atoms with Crippen molar-refractivity contribution in [2.45, 2.75) is 65.9 Å². The van der Waals surface area contributed by atoms with Crippen molar-refractivity contribution < 1.29 is 9.84 Å². The lowest BCUT2D eigenvalue weighted by molar-refractivity contribution is -0.164. The Bertz CT molecular complexity index is 349. The largest absolute Gasteiger partial charge is 0.396 e. The third-order valence-corrected chi connectivity index (χ3v) is 5.99. The number of hydrogen-bond donors (Lipinski definition) is 1. The fourth-order valence-corrected chi connectivity index (χ4v) is 4.45. The van der Waals surface area contributed by atoms with Crippen LogP contribution >= 0.6 is 0 Å². The van der Waals surface area contributed by atoms with Gasteiger partial charge in [0, 0.05) is 11.3 Å². The van der Waals surface area contributed by atoms with Crippen molar-refractivity contribution >= 4 is 0 Å². The quantitative estimate of drug-likeness (QED) is 0.584. The minimum Gasteiger partial charge on any atom is -0.396 e. The predicted octanol–water partition coefficient (Wildman–Crippen LogP) is 4.18. The zero-order valence-corrected chi connectivity index (χ0v) is 13.7. The molecule has 1 heterocycles. The van der Waals surface area contributed by atoms with E-state index in [-0.39, 0.29) is 12.0 Å². The first-order chi connectivity index (χ1) is 9.56. The van der Waals surface area contributed by atoms with E-state index in [0.717, 1.165) is 6.61 Å². The van der Waals surface area contributed by atoms with Crippen molar-refractivity contribution in [3.05, 3.63) is 11.6 Å². The van der Waals surface area contributed by atoms with Gasteiger partial charge in [-0.1, -0.05) is 58.1 Å². The molecule has 1 N–H and O–H groups in total. The first kappa shape index (κ1) is 16.0. The van der Waals surface area contributed by atoms with Crippen LogP contribution in [-0.4, -0.2) is 24.4 Å². The predicted molar refractivity (Wildman–Crippen MR) is 83.6 cm³/mol. The van der Waals surface area contributed by atoms with Crippen molar-refractivity contribution in [3.8, 4) is 0 Å². The number of aliphatic hydroxyl groups is 1. The summed E-state index contributed by atoms with van der Waals surface area (Å²) in [5.74, 6) is 1.45. The molecule has 2 bridgehead atoms. The van der Waals surface area contributed by atoms with Gasteiger partial charge in [0.1, 0.15) is 0 Å². The van der Waals surface area contributed by atoms with Crippen LogP contribution in [0.1, 0.15) is 59.8 Å². The highest BCUT2D eigenvalue weighted by atomic mass is 16.5. The monoisotopic (exact) mass is 280 g/mol. The second-order valence-corrected chi connectivity index (χ2v) is 7.10. The average Bonchev–Trinajstić information content (AvgIpc) is 2.42. The Labute approximate surface area is 124 Å². The van der Waals surface area contributed by atoms with Gasteiger partial charge in [0.05, 0.1) is 19.3 Å². The third kappa shape index (κ3) is 2.69. The van der Waals surface area contributed by atoms with Crippen LogP contribution in [0.25, 0.3) is 0 Å². The van der Waals surface area contributed by atoms with Gasteiger partial charge in [0.15, 0.2) is 0 Å². The molecule has 1 aliphatic carbocycles. The van der Waals surface area contributed by atoms with Crippen LogP contribution in [0.2, 0.25) is 0 Å². The maximum atomic E-state index is 9.94. The molecule has 0 aromatic heterocycles. The van der Waals surface area contributed by atoms with Gasteiger partial charge in [-0.3, -0.25) is 0 Å². The Morgan fingerprint density at radius 2 is 2.05 bits per heavy atom. The lowest BCUT2D eigenvalue weighted by Gasteiger charge is -2.55. The molecular formula is C18H32O2. The topological polar surface area (TPSA) is 29.5 Å². The van der Waals surface area contributed by atoms with E-state index in [1.54, 1.807) is 0 Å². The zero-order chi connectivity index (χ0) is 14.8. The van der Waals surface area contributed by atoms with Gasteiger partial charge < -0.3 is 9.84 Å². The standard InChI is InChI=1S/C18H32O2/c1-5-6-7-8-9-16-17-13(2)10-14(3)18(11-19,12-20-16)15(17)4/h10,14-17,19H,5-9,11-12H2,1-4H3/t14-,15+,16-,17+,18-/m1/s1. The van der Waals surface area contributed by atoms with Crippen LogP contribution in [0, 0.1) is 23.2 Å². The molecular weight excluding hydrogens is 248 g/mol. The number of fused-ring (bicyclic) bond motifs is 2. The van der Waals surface area contributed by atoms with E-state index in [0.29, 0.717) is 23.9 Å².